The van der Waals surface area contributed by atoms with E-state index in [1.807, 2.05) is 37.3 Å². The van der Waals surface area contributed by atoms with Gasteiger partial charge in [0.05, 0.1) is 17.0 Å². The zero-order chi connectivity index (χ0) is 27.7. The average molecular weight is 577 g/mol. The molecule has 0 aliphatic rings. The molecule has 0 heterocycles. The number of nitrogens with zero attached hydrogens (tertiary/aromatic N) is 2. The van der Waals surface area contributed by atoms with Gasteiger partial charge < -0.3 is 10.2 Å². The van der Waals surface area contributed by atoms with Crippen LogP contribution in [0, 0.1) is 0 Å². The first kappa shape index (κ1) is 29.5. The molecule has 7 nitrogen and oxygen atoms in total. The van der Waals surface area contributed by atoms with Crippen molar-refractivity contribution in [2.45, 2.75) is 32.4 Å². The van der Waals surface area contributed by atoms with Crippen molar-refractivity contribution in [3.05, 3.63) is 100 Å². The van der Waals surface area contributed by atoms with Gasteiger partial charge in [0.1, 0.15) is 12.6 Å². The molecule has 2 amide bonds. The van der Waals surface area contributed by atoms with Crippen molar-refractivity contribution in [3.8, 4) is 0 Å². The summed E-state index contributed by atoms with van der Waals surface area (Å²) in [4.78, 5) is 28.8. The zero-order valence-corrected chi connectivity index (χ0v) is 23.6. The lowest BCUT2D eigenvalue weighted by atomic mass is 10.0. The maximum atomic E-state index is 13.9. The van der Waals surface area contributed by atoms with Gasteiger partial charge in [-0.2, -0.15) is 0 Å². The Morgan fingerprint density at radius 1 is 0.895 bits per heavy atom. The van der Waals surface area contributed by atoms with E-state index >= 15 is 0 Å². The lowest BCUT2D eigenvalue weighted by Crippen LogP contribution is -2.53. The van der Waals surface area contributed by atoms with Crippen molar-refractivity contribution in [2.75, 3.05) is 23.7 Å². The summed E-state index contributed by atoms with van der Waals surface area (Å²) in [6.45, 7) is 1.94. The number of amides is 2. The van der Waals surface area contributed by atoms with Crippen LogP contribution in [-0.4, -0.2) is 50.5 Å². The summed E-state index contributed by atoms with van der Waals surface area (Å²) in [5, 5.41) is 3.63. The normalized spacial score (nSPS) is 12.0. The van der Waals surface area contributed by atoms with E-state index in [1.54, 1.807) is 42.5 Å². The smallest absolute Gasteiger partial charge is 0.244 e. The SMILES string of the molecule is CCCNC(=O)[C@H](Cc1ccccc1)N(Cc1ccc(Cl)cc1)C(=O)CN(c1ccccc1Cl)S(C)(=O)=O. The van der Waals surface area contributed by atoms with Gasteiger partial charge in [-0.05, 0) is 41.8 Å². The molecule has 0 aromatic heterocycles. The van der Waals surface area contributed by atoms with Crippen LogP contribution < -0.4 is 9.62 Å². The maximum Gasteiger partial charge on any atom is 0.244 e. The molecule has 0 saturated heterocycles. The molecule has 0 fully saturated rings. The molecule has 0 radical (unpaired) electrons. The highest BCUT2D eigenvalue weighted by molar-refractivity contribution is 7.92. The van der Waals surface area contributed by atoms with Crippen LogP contribution in [0.2, 0.25) is 10.0 Å². The Hall–Kier alpha value is -3.07. The van der Waals surface area contributed by atoms with Crippen LogP contribution >= 0.6 is 23.2 Å². The monoisotopic (exact) mass is 575 g/mol. The van der Waals surface area contributed by atoms with E-state index in [9.17, 15) is 18.0 Å². The second-order valence-electron chi connectivity index (χ2n) is 8.87. The summed E-state index contributed by atoms with van der Waals surface area (Å²) < 4.78 is 26.5. The molecular formula is C28H31Cl2N3O4S. The van der Waals surface area contributed by atoms with Crippen molar-refractivity contribution in [2.24, 2.45) is 0 Å². The Bertz CT molecular complexity index is 1340. The van der Waals surface area contributed by atoms with Crippen LogP contribution in [0.1, 0.15) is 24.5 Å². The van der Waals surface area contributed by atoms with E-state index in [1.165, 1.54) is 11.0 Å². The summed E-state index contributed by atoms with van der Waals surface area (Å²) in [5.74, 6) is -0.862. The van der Waals surface area contributed by atoms with Crippen LogP contribution in [0.25, 0.3) is 0 Å². The number of carbonyl (C=O) groups is 2. The van der Waals surface area contributed by atoms with Gasteiger partial charge in [0, 0.05) is 24.5 Å². The minimum Gasteiger partial charge on any atom is -0.354 e. The van der Waals surface area contributed by atoms with E-state index in [2.05, 4.69) is 5.32 Å². The summed E-state index contributed by atoms with van der Waals surface area (Å²) in [6.07, 6.45) is 1.99. The summed E-state index contributed by atoms with van der Waals surface area (Å²) in [5.41, 5.74) is 1.79. The quantitative estimate of drug-likeness (QED) is 0.332. The number of para-hydroxylation sites is 1. The molecule has 3 aromatic rings. The third kappa shape index (κ3) is 8.21. The fraction of sp³-hybridized carbons (Fsp3) is 0.286. The number of nitrogens with one attached hydrogen (secondary N) is 1. The number of rotatable bonds is 12. The number of carbonyl (C=O) groups excluding carboxylic acids is 2. The van der Waals surface area contributed by atoms with Crippen LogP contribution in [0.15, 0.2) is 78.9 Å². The van der Waals surface area contributed by atoms with Gasteiger partial charge in [0.15, 0.2) is 0 Å². The number of halogens is 2. The Morgan fingerprint density at radius 2 is 1.53 bits per heavy atom. The first-order valence-corrected chi connectivity index (χ1v) is 14.8. The Kier molecular flexibility index (Phi) is 10.6. The minimum atomic E-state index is -3.88. The molecule has 0 bridgehead atoms. The third-order valence-corrected chi connectivity index (χ3v) is 7.58. The highest BCUT2D eigenvalue weighted by Crippen LogP contribution is 2.27. The molecule has 10 heteroatoms. The second-order valence-corrected chi connectivity index (χ2v) is 11.6. The van der Waals surface area contributed by atoms with Crippen LogP contribution in [-0.2, 0) is 32.6 Å². The van der Waals surface area contributed by atoms with E-state index in [0.29, 0.717) is 11.6 Å². The molecule has 3 rings (SSSR count). The lowest BCUT2D eigenvalue weighted by molar-refractivity contribution is -0.140. The van der Waals surface area contributed by atoms with Crippen LogP contribution in [0.3, 0.4) is 0 Å². The fourth-order valence-electron chi connectivity index (χ4n) is 3.96. The molecular weight excluding hydrogens is 545 g/mol. The number of hydrogen-bond acceptors (Lipinski definition) is 4. The minimum absolute atomic E-state index is 0.0766. The molecule has 0 aliphatic heterocycles. The summed E-state index contributed by atoms with van der Waals surface area (Å²) in [6, 6.07) is 21.9. The molecule has 0 aliphatic carbocycles. The summed E-state index contributed by atoms with van der Waals surface area (Å²) in [7, 11) is -3.88. The largest absolute Gasteiger partial charge is 0.354 e. The van der Waals surface area contributed by atoms with Crippen LogP contribution in [0.4, 0.5) is 5.69 Å². The highest BCUT2D eigenvalue weighted by Gasteiger charge is 2.33. The lowest BCUT2D eigenvalue weighted by Gasteiger charge is -2.33. The number of sulfonamides is 1. The maximum absolute atomic E-state index is 13.9. The molecule has 1 atom stereocenters. The predicted molar refractivity (Wildman–Crippen MR) is 153 cm³/mol. The highest BCUT2D eigenvalue weighted by atomic mass is 35.5. The van der Waals surface area contributed by atoms with Gasteiger partial charge >= 0.3 is 0 Å². The second kappa shape index (κ2) is 13.6. The number of anilines is 1. The summed E-state index contributed by atoms with van der Waals surface area (Å²) >= 11 is 12.4. The van der Waals surface area contributed by atoms with E-state index in [4.69, 9.17) is 23.2 Å². The van der Waals surface area contributed by atoms with Gasteiger partial charge in [-0.15, -0.1) is 0 Å². The topological polar surface area (TPSA) is 86.8 Å². The Morgan fingerprint density at radius 3 is 2.13 bits per heavy atom. The molecule has 0 spiro atoms. The van der Waals surface area contributed by atoms with E-state index < -0.39 is 28.5 Å². The standard InChI is InChI=1S/C28H31Cl2N3O4S/c1-3-17-31-28(35)26(18-21-9-5-4-6-10-21)32(19-22-13-15-23(29)16-14-22)27(34)20-33(38(2,36)37)25-12-8-7-11-24(25)30/h4-16,26H,3,17-20H2,1-2H3,(H,31,35)/t26-/m0/s1. The van der Waals surface area contributed by atoms with Crippen molar-refractivity contribution >= 4 is 50.7 Å². The van der Waals surface area contributed by atoms with Gasteiger partial charge in [-0.3, -0.25) is 13.9 Å². The zero-order valence-electron chi connectivity index (χ0n) is 21.3. The fourth-order valence-corrected chi connectivity index (χ4v) is 5.23. The molecule has 0 saturated carbocycles. The van der Waals surface area contributed by atoms with Crippen LogP contribution in [0.5, 0.6) is 0 Å². The Balaban J connectivity index is 2.04. The van der Waals surface area contributed by atoms with Crippen molar-refractivity contribution in [3.63, 3.8) is 0 Å². The van der Waals surface area contributed by atoms with Crippen molar-refractivity contribution < 1.29 is 18.0 Å². The van der Waals surface area contributed by atoms with E-state index in [-0.39, 0.29) is 29.6 Å². The number of benzene rings is 3. The van der Waals surface area contributed by atoms with Crippen molar-refractivity contribution in [1.82, 2.24) is 10.2 Å². The van der Waals surface area contributed by atoms with Gasteiger partial charge in [-0.1, -0.05) is 84.7 Å². The molecule has 202 valence electrons. The van der Waals surface area contributed by atoms with Gasteiger partial charge in [0.2, 0.25) is 21.8 Å². The van der Waals surface area contributed by atoms with Gasteiger partial charge in [0.25, 0.3) is 0 Å². The first-order valence-electron chi connectivity index (χ1n) is 12.2. The Labute approximate surface area is 234 Å². The third-order valence-electron chi connectivity index (χ3n) is 5.89. The average Bonchev–Trinajstić information content (AvgIpc) is 2.89. The first-order chi connectivity index (χ1) is 18.1. The molecule has 38 heavy (non-hydrogen) atoms. The van der Waals surface area contributed by atoms with Crippen molar-refractivity contribution in [1.29, 1.82) is 0 Å². The molecule has 3 aromatic carbocycles. The van der Waals surface area contributed by atoms with Gasteiger partial charge in [-0.25, -0.2) is 8.42 Å². The van der Waals surface area contributed by atoms with E-state index in [0.717, 1.165) is 28.1 Å². The molecule has 1 N–H and O–H groups in total. The number of hydrogen-bond donors (Lipinski definition) is 1. The molecule has 0 unspecified atom stereocenters. The predicted octanol–water partition coefficient (Wildman–Crippen LogP) is 4.93.